The highest BCUT2D eigenvalue weighted by molar-refractivity contribution is 5.96. The van der Waals surface area contributed by atoms with Gasteiger partial charge in [0.25, 0.3) is 5.91 Å². The Morgan fingerprint density at radius 2 is 1.74 bits per heavy atom. The van der Waals surface area contributed by atoms with E-state index in [-0.39, 0.29) is 18.4 Å². The predicted molar refractivity (Wildman–Crippen MR) is 102 cm³/mol. The van der Waals surface area contributed by atoms with Crippen LogP contribution in [0.2, 0.25) is 0 Å². The Morgan fingerprint density at radius 1 is 1.04 bits per heavy atom. The van der Waals surface area contributed by atoms with Crippen LogP contribution in [0.25, 0.3) is 6.08 Å². The number of ether oxygens (including phenoxy) is 1. The Morgan fingerprint density at radius 3 is 2.41 bits per heavy atom. The molecule has 3 amide bonds. The van der Waals surface area contributed by atoms with E-state index in [0.29, 0.717) is 17.9 Å². The first-order valence-electron chi connectivity index (χ1n) is 8.24. The van der Waals surface area contributed by atoms with Gasteiger partial charge >= 0.3 is 0 Å². The minimum absolute atomic E-state index is 0.213. The van der Waals surface area contributed by atoms with E-state index in [0.717, 1.165) is 11.1 Å². The van der Waals surface area contributed by atoms with Crippen molar-refractivity contribution in [3.05, 3.63) is 71.3 Å². The molecule has 0 aliphatic heterocycles. The second-order valence-corrected chi connectivity index (χ2v) is 5.64. The number of benzene rings is 2. The molecule has 4 N–H and O–H groups in total. The Bertz CT molecular complexity index is 845. The van der Waals surface area contributed by atoms with E-state index in [9.17, 15) is 14.4 Å². The summed E-state index contributed by atoms with van der Waals surface area (Å²) in [5, 5.41) is 5.17. The number of methoxy groups -OCH3 is 1. The Labute approximate surface area is 157 Å². The highest BCUT2D eigenvalue weighted by atomic mass is 16.5. The average Bonchev–Trinajstić information content (AvgIpc) is 2.69. The summed E-state index contributed by atoms with van der Waals surface area (Å²) in [6.45, 7) is 0.105. The van der Waals surface area contributed by atoms with Gasteiger partial charge in [-0.25, -0.2) is 0 Å². The Balaban J connectivity index is 1.87. The molecule has 2 aromatic rings. The minimum atomic E-state index is -0.608. The van der Waals surface area contributed by atoms with Gasteiger partial charge in [0.15, 0.2) is 0 Å². The molecular weight excluding hydrogens is 346 g/mol. The molecule has 0 aromatic heterocycles. The van der Waals surface area contributed by atoms with Crippen LogP contribution < -0.4 is 21.1 Å². The first-order chi connectivity index (χ1) is 13.0. The van der Waals surface area contributed by atoms with Crippen molar-refractivity contribution >= 4 is 23.8 Å². The number of primary amides is 1. The van der Waals surface area contributed by atoms with Crippen molar-refractivity contribution in [2.45, 2.75) is 6.54 Å². The molecule has 0 spiro atoms. The van der Waals surface area contributed by atoms with Crippen LogP contribution in [-0.4, -0.2) is 31.4 Å². The first-order valence-corrected chi connectivity index (χ1v) is 8.24. The third-order valence-corrected chi connectivity index (χ3v) is 3.66. The largest absolute Gasteiger partial charge is 0.496 e. The molecular formula is C20H21N3O4. The molecule has 0 bridgehead atoms. The van der Waals surface area contributed by atoms with Crippen LogP contribution in [-0.2, 0) is 16.1 Å². The lowest BCUT2D eigenvalue weighted by Gasteiger charge is -2.06. The zero-order chi connectivity index (χ0) is 19.6. The normalized spacial score (nSPS) is 10.4. The average molecular weight is 367 g/mol. The van der Waals surface area contributed by atoms with E-state index in [2.05, 4.69) is 10.6 Å². The third kappa shape index (κ3) is 6.32. The highest BCUT2D eigenvalue weighted by Gasteiger charge is 2.06. The zero-order valence-corrected chi connectivity index (χ0v) is 14.9. The van der Waals surface area contributed by atoms with Gasteiger partial charge in [-0.3, -0.25) is 14.4 Å². The lowest BCUT2D eigenvalue weighted by molar-refractivity contribution is -0.117. The number of para-hydroxylation sites is 1. The fourth-order valence-corrected chi connectivity index (χ4v) is 2.26. The smallest absolute Gasteiger partial charge is 0.251 e. The van der Waals surface area contributed by atoms with E-state index in [1.807, 2.05) is 24.3 Å². The molecule has 0 radical (unpaired) electrons. The van der Waals surface area contributed by atoms with Crippen LogP contribution in [0.1, 0.15) is 21.5 Å². The van der Waals surface area contributed by atoms with Crippen molar-refractivity contribution in [1.29, 1.82) is 0 Å². The molecule has 0 fully saturated rings. The molecule has 2 rings (SSSR count). The van der Waals surface area contributed by atoms with Crippen LogP contribution in [0.5, 0.6) is 5.75 Å². The quantitative estimate of drug-likeness (QED) is 0.610. The standard InChI is InChI=1S/C20H21N3O4/c1-27-17-5-3-2-4-15(17)10-11-19(25)22-12-14-6-8-16(9-7-14)20(26)23-13-18(21)24/h2-11H,12-13H2,1H3,(H2,21,24)(H,22,25)(H,23,26). The number of hydrogen-bond acceptors (Lipinski definition) is 4. The van der Waals surface area contributed by atoms with Gasteiger partial charge in [0, 0.05) is 23.7 Å². The summed E-state index contributed by atoms with van der Waals surface area (Å²) < 4.78 is 5.23. The van der Waals surface area contributed by atoms with Crippen molar-refractivity contribution in [3.63, 3.8) is 0 Å². The summed E-state index contributed by atoms with van der Waals surface area (Å²) in [5.74, 6) is -0.552. The van der Waals surface area contributed by atoms with Crippen LogP contribution >= 0.6 is 0 Å². The Hall–Kier alpha value is -3.61. The number of amides is 3. The molecule has 7 nitrogen and oxygen atoms in total. The van der Waals surface area contributed by atoms with Gasteiger partial charge in [-0.2, -0.15) is 0 Å². The molecule has 140 valence electrons. The number of carbonyl (C=O) groups is 3. The maximum absolute atomic E-state index is 12.0. The van der Waals surface area contributed by atoms with Crippen LogP contribution in [0.15, 0.2) is 54.6 Å². The van der Waals surface area contributed by atoms with Crippen LogP contribution in [0.4, 0.5) is 0 Å². The molecule has 0 heterocycles. The van der Waals surface area contributed by atoms with Crippen molar-refractivity contribution in [2.24, 2.45) is 5.73 Å². The molecule has 0 atom stereocenters. The first kappa shape index (κ1) is 19.7. The van der Waals surface area contributed by atoms with E-state index < -0.39 is 5.91 Å². The van der Waals surface area contributed by atoms with Crippen LogP contribution in [0, 0.1) is 0 Å². The summed E-state index contributed by atoms with van der Waals surface area (Å²) in [5.41, 5.74) is 7.03. The lowest BCUT2D eigenvalue weighted by Crippen LogP contribution is -2.33. The molecule has 0 saturated heterocycles. The lowest BCUT2D eigenvalue weighted by atomic mass is 10.1. The van der Waals surface area contributed by atoms with Crippen molar-refractivity contribution < 1.29 is 19.1 Å². The van der Waals surface area contributed by atoms with E-state index in [1.54, 1.807) is 37.5 Å². The van der Waals surface area contributed by atoms with Crippen molar-refractivity contribution in [2.75, 3.05) is 13.7 Å². The number of rotatable bonds is 8. The van der Waals surface area contributed by atoms with Crippen LogP contribution in [0.3, 0.4) is 0 Å². The summed E-state index contributed by atoms with van der Waals surface area (Å²) in [4.78, 5) is 34.4. The summed E-state index contributed by atoms with van der Waals surface area (Å²) >= 11 is 0. The summed E-state index contributed by atoms with van der Waals surface area (Å²) in [6, 6.07) is 14.1. The van der Waals surface area contributed by atoms with Gasteiger partial charge in [-0.1, -0.05) is 30.3 Å². The topological polar surface area (TPSA) is 111 Å². The number of nitrogens with two attached hydrogens (primary N) is 1. The maximum Gasteiger partial charge on any atom is 0.251 e. The summed E-state index contributed by atoms with van der Waals surface area (Å²) in [6.07, 6.45) is 3.11. The van der Waals surface area contributed by atoms with Gasteiger partial charge in [0.05, 0.1) is 13.7 Å². The molecule has 27 heavy (non-hydrogen) atoms. The maximum atomic E-state index is 12.0. The molecule has 0 aliphatic carbocycles. The second-order valence-electron chi connectivity index (χ2n) is 5.64. The van der Waals surface area contributed by atoms with Gasteiger partial charge < -0.3 is 21.1 Å². The van der Waals surface area contributed by atoms with E-state index >= 15 is 0 Å². The highest BCUT2D eigenvalue weighted by Crippen LogP contribution is 2.18. The molecule has 2 aromatic carbocycles. The third-order valence-electron chi connectivity index (χ3n) is 3.66. The molecule has 7 heteroatoms. The predicted octanol–water partition coefficient (Wildman–Crippen LogP) is 1.24. The molecule has 0 saturated carbocycles. The SMILES string of the molecule is COc1ccccc1C=CC(=O)NCc1ccc(C(=O)NCC(N)=O)cc1. The second kappa shape index (κ2) is 9.76. The number of hydrogen-bond donors (Lipinski definition) is 3. The van der Waals surface area contributed by atoms with Gasteiger partial charge in [0.2, 0.25) is 11.8 Å². The molecule has 0 aliphatic rings. The van der Waals surface area contributed by atoms with Crippen molar-refractivity contribution in [3.8, 4) is 5.75 Å². The zero-order valence-electron chi connectivity index (χ0n) is 14.9. The molecule has 0 unspecified atom stereocenters. The van der Waals surface area contributed by atoms with Crippen molar-refractivity contribution in [1.82, 2.24) is 10.6 Å². The fourth-order valence-electron chi connectivity index (χ4n) is 2.26. The van der Waals surface area contributed by atoms with Gasteiger partial charge in [0.1, 0.15) is 5.75 Å². The Kier molecular flexibility index (Phi) is 7.13. The number of nitrogens with one attached hydrogen (secondary N) is 2. The monoisotopic (exact) mass is 367 g/mol. The minimum Gasteiger partial charge on any atom is -0.496 e. The fraction of sp³-hybridized carbons (Fsp3) is 0.150. The van der Waals surface area contributed by atoms with Gasteiger partial charge in [-0.05, 0) is 29.8 Å². The number of carbonyl (C=O) groups excluding carboxylic acids is 3. The van der Waals surface area contributed by atoms with Gasteiger partial charge in [-0.15, -0.1) is 0 Å². The summed E-state index contributed by atoms with van der Waals surface area (Å²) in [7, 11) is 1.57. The van der Waals surface area contributed by atoms with E-state index in [4.69, 9.17) is 10.5 Å². The van der Waals surface area contributed by atoms with E-state index in [1.165, 1.54) is 6.08 Å².